The van der Waals surface area contributed by atoms with Gasteiger partial charge in [-0.15, -0.1) is 0 Å². The molecule has 1 saturated heterocycles. The van der Waals surface area contributed by atoms with Crippen molar-refractivity contribution in [1.29, 1.82) is 0 Å². The summed E-state index contributed by atoms with van der Waals surface area (Å²) in [5, 5.41) is 8.78. The summed E-state index contributed by atoms with van der Waals surface area (Å²) >= 11 is 0. The number of aliphatic carboxylic acids is 1. The Morgan fingerprint density at radius 2 is 2.03 bits per heavy atom. The van der Waals surface area contributed by atoms with Gasteiger partial charge in [0.2, 0.25) is 0 Å². The van der Waals surface area contributed by atoms with Gasteiger partial charge in [0.1, 0.15) is 5.75 Å². The Morgan fingerprint density at radius 3 is 2.71 bits per heavy atom. The summed E-state index contributed by atoms with van der Waals surface area (Å²) < 4.78 is 18.7. The molecule has 0 aliphatic carbocycles. The third-order valence-electron chi connectivity index (χ3n) is 5.27. The Kier molecular flexibility index (Phi) is 7.82. The Labute approximate surface area is 183 Å². The van der Waals surface area contributed by atoms with Crippen LogP contribution in [-0.4, -0.2) is 34.6 Å². The van der Waals surface area contributed by atoms with Gasteiger partial charge in [-0.2, -0.15) is 0 Å². The van der Waals surface area contributed by atoms with Crippen LogP contribution in [0.2, 0.25) is 0 Å². The second-order valence-electron chi connectivity index (χ2n) is 8.43. The maximum Gasteiger partial charge on any atom is 0.303 e. The van der Waals surface area contributed by atoms with E-state index in [0.29, 0.717) is 13.0 Å². The smallest absolute Gasteiger partial charge is 0.303 e. The van der Waals surface area contributed by atoms with E-state index in [1.165, 1.54) is 5.56 Å². The highest BCUT2D eigenvalue weighted by atomic mass is 16.7. The van der Waals surface area contributed by atoms with Crippen molar-refractivity contribution in [3.8, 4) is 5.75 Å². The normalized spacial score (nSPS) is 21.8. The molecule has 1 fully saturated rings. The number of pyridine rings is 1. The van der Waals surface area contributed by atoms with E-state index < -0.39 is 17.9 Å². The molecule has 0 bridgehead atoms. The number of nitrogens with zero attached hydrogens (tertiary/aromatic N) is 1. The minimum atomic E-state index is -0.791. The molecule has 0 amide bonds. The van der Waals surface area contributed by atoms with Crippen molar-refractivity contribution < 1.29 is 24.1 Å². The van der Waals surface area contributed by atoms with E-state index >= 15 is 0 Å². The summed E-state index contributed by atoms with van der Waals surface area (Å²) in [6, 6.07) is 11.8. The highest BCUT2D eigenvalue weighted by Crippen LogP contribution is 2.38. The lowest BCUT2D eigenvalue weighted by molar-refractivity contribution is -0.288. The molecule has 1 aromatic carbocycles. The summed E-state index contributed by atoms with van der Waals surface area (Å²) in [6.45, 7) is 6.47. The Balaban J connectivity index is 1.70. The molecule has 1 aliphatic rings. The molecule has 2 aromatic rings. The molecule has 6 nitrogen and oxygen atoms in total. The van der Waals surface area contributed by atoms with E-state index in [9.17, 15) is 4.79 Å². The number of aryl methyl sites for hydroxylation is 1. The van der Waals surface area contributed by atoms with Crippen molar-refractivity contribution in [3.63, 3.8) is 0 Å². The molecule has 0 spiro atoms. The lowest BCUT2D eigenvalue weighted by atomic mass is 9.92. The molecule has 1 aromatic heterocycles. The molecule has 0 saturated carbocycles. The van der Waals surface area contributed by atoms with Crippen LogP contribution in [-0.2, 0) is 14.3 Å². The minimum Gasteiger partial charge on any atom is -0.483 e. The summed E-state index contributed by atoms with van der Waals surface area (Å²) in [5.41, 5.74) is 1.47. The zero-order valence-electron chi connectivity index (χ0n) is 18.4. The second kappa shape index (κ2) is 10.6. The molecular weight excluding hydrogens is 394 g/mol. The van der Waals surface area contributed by atoms with Crippen LogP contribution in [0.1, 0.15) is 50.3 Å². The maximum absolute atomic E-state index is 10.7. The van der Waals surface area contributed by atoms with Gasteiger partial charge in [0.15, 0.2) is 11.9 Å². The predicted molar refractivity (Wildman–Crippen MR) is 118 cm³/mol. The molecule has 3 rings (SSSR count). The third kappa shape index (κ3) is 6.64. The van der Waals surface area contributed by atoms with Gasteiger partial charge in [0.25, 0.3) is 0 Å². The van der Waals surface area contributed by atoms with Crippen molar-refractivity contribution >= 4 is 5.97 Å². The first-order chi connectivity index (χ1) is 14.8. The quantitative estimate of drug-likeness (QED) is 0.564. The number of carbonyl (C=O) groups is 1. The van der Waals surface area contributed by atoms with Crippen molar-refractivity contribution in [2.45, 2.75) is 58.0 Å². The van der Waals surface area contributed by atoms with Crippen molar-refractivity contribution in [2.75, 3.05) is 6.61 Å². The average molecular weight is 426 g/mol. The molecule has 0 unspecified atom stereocenters. The summed E-state index contributed by atoms with van der Waals surface area (Å²) in [6.07, 6.45) is 8.11. The maximum atomic E-state index is 10.7. The van der Waals surface area contributed by atoms with E-state index in [0.717, 1.165) is 17.7 Å². The fourth-order valence-corrected chi connectivity index (χ4v) is 3.59. The lowest BCUT2D eigenvalue weighted by Crippen LogP contribution is -2.50. The van der Waals surface area contributed by atoms with Crippen molar-refractivity contribution in [1.82, 2.24) is 4.98 Å². The number of allylic oxidation sites excluding steroid dienone is 2. The molecule has 1 N–H and O–H groups in total. The van der Waals surface area contributed by atoms with Gasteiger partial charge < -0.3 is 19.3 Å². The fraction of sp³-hybridized carbons (Fsp3) is 0.440. The topological polar surface area (TPSA) is 77.9 Å². The first-order valence-corrected chi connectivity index (χ1v) is 10.6. The van der Waals surface area contributed by atoms with E-state index in [4.69, 9.17) is 19.3 Å². The van der Waals surface area contributed by atoms with Crippen LogP contribution in [0, 0.1) is 12.8 Å². The summed E-state index contributed by atoms with van der Waals surface area (Å²) in [7, 11) is 0. The Hall–Kier alpha value is -2.70. The largest absolute Gasteiger partial charge is 0.483 e. The molecule has 31 heavy (non-hydrogen) atoms. The van der Waals surface area contributed by atoms with Gasteiger partial charge in [-0.1, -0.05) is 35.9 Å². The number of rotatable bonds is 9. The van der Waals surface area contributed by atoms with Crippen LogP contribution in [0.3, 0.4) is 0 Å². The fourth-order valence-electron chi connectivity index (χ4n) is 3.59. The van der Waals surface area contributed by atoms with Crippen LogP contribution < -0.4 is 4.74 Å². The zero-order valence-corrected chi connectivity index (χ0v) is 18.4. The summed E-state index contributed by atoms with van der Waals surface area (Å²) in [4.78, 5) is 14.9. The highest BCUT2D eigenvalue weighted by molar-refractivity contribution is 5.66. The van der Waals surface area contributed by atoms with Crippen LogP contribution in [0.5, 0.6) is 5.75 Å². The zero-order chi connectivity index (χ0) is 22.3. The lowest BCUT2D eigenvalue weighted by Gasteiger charge is -2.42. The van der Waals surface area contributed by atoms with E-state index in [2.05, 4.69) is 4.98 Å². The highest BCUT2D eigenvalue weighted by Gasteiger charge is 2.42. The number of carboxylic acids is 1. The second-order valence-corrected chi connectivity index (χ2v) is 8.43. The van der Waals surface area contributed by atoms with Crippen LogP contribution in [0.15, 0.2) is 60.9 Å². The van der Waals surface area contributed by atoms with E-state index in [1.54, 1.807) is 6.20 Å². The number of carboxylic acid groups (broad SMARTS) is 1. The number of aromatic nitrogens is 1. The van der Waals surface area contributed by atoms with Crippen molar-refractivity contribution in [3.05, 3.63) is 72.1 Å². The first-order valence-electron chi connectivity index (χ1n) is 10.6. The standard InChI is InChI=1S/C25H31NO5/c1-18-11-13-21(14-12-18)31-25(2,3)24-29-17-20(8-5-4-6-10-22(27)28)23(30-24)19-9-7-15-26-16-19/h4-5,7,9,11-16,20,23-24H,6,8,10,17H2,1-3H3,(H,27,28)/b5-4-/t20-,23-,24+/m1/s1. The molecule has 166 valence electrons. The predicted octanol–water partition coefficient (Wildman–Crippen LogP) is 5.09. The molecule has 2 heterocycles. The van der Waals surface area contributed by atoms with Gasteiger partial charge in [-0.3, -0.25) is 9.78 Å². The SMILES string of the molecule is Cc1ccc(OC(C)(C)[C@H]2OC[C@@H](C/C=C\CCC(=O)O)[C@@H](c3cccnc3)O2)cc1. The Bertz CT molecular complexity index is 863. The molecule has 0 radical (unpaired) electrons. The van der Waals surface area contributed by atoms with Crippen LogP contribution in [0.25, 0.3) is 0 Å². The van der Waals surface area contributed by atoms with Gasteiger partial charge in [-0.25, -0.2) is 0 Å². The number of hydrogen-bond donors (Lipinski definition) is 1. The molecule has 3 atom stereocenters. The number of benzene rings is 1. The third-order valence-corrected chi connectivity index (χ3v) is 5.27. The van der Waals surface area contributed by atoms with E-state index in [1.807, 2.05) is 75.5 Å². The summed E-state index contributed by atoms with van der Waals surface area (Å²) in [5.74, 6) is 0.0711. The van der Waals surface area contributed by atoms with Crippen LogP contribution >= 0.6 is 0 Å². The van der Waals surface area contributed by atoms with Gasteiger partial charge in [0.05, 0.1) is 12.7 Å². The van der Waals surface area contributed by atoms with Crippen molar-refractivity contribution in [2.24, 2.45) is 5.92 Å². The van der Waals surface area contributed by atoms with Gasteiger partial charge in [-0.05, 0) is 57.4 Å². The Morgan fingerprint density at radius 1 is 1.26 bits per heavy atom. The van der Waals surface area contributed by atoms with E-state index in [-0.39, 0.29) is 18.4 Å². The molecule has 1 aliphatic heterocycles. The number of ether oxygens (including phenoxy) is 3. The van der Waals surface area contributed by atoms with Gasteiger partial charge >= 0.3 is 5.97 Å². The minimum absolute atomic E-state index is 0.0942. The first kappa shape index (κ1) is 23.0. The monoisotopic (exact) mass is 425 g/mol. The molecule has 6 heteroatoms. The average Bonchev–Trinajstić information content (AvgIpc) is 2.75. The molecular formula is C25H31NO5. The van der Waals surface area contributed by atoms with Crippen LogP contribution in [0.4, 0.5) is 0 Å². The number of hydrogen-bond acceptors (Lipinski definition) is 5. The van der Waals surface area contributed by atoms with Gasteiger partial charge in [0, 0.05) is 24.7 Å².